The van der Waals surface area contributed by atoms with E-state index in [1.165, 1.54) is 23.8 Å². The van der Waals surface area contributed by atoms with Crippen LogP contribution in [0.3, 0.4) is 0 Å². The van der Waals surface area contributed by atoms with Gasteiger partial charge in [-0.3, -0.25) is 0 Å². The van der Waals surface area contributed by atoms with Gasteiger partial charge in [-0.2, -0.15) is 13.2 Å². The molecule has 0 radical (unpaired) electrons. The number of aromatic nitrogens is 4. The van der Waals surface area contributed by atoms with Crippen molar-refractivity contribution < 1.29 is 31.1 Å². The Morgan fingerprint density at radius 3 is 2.53 bits per heavy atom. The molecule has 0 saturated carbocycles. The van der Waals surface area contributed by atoms with Crippen LogP contribution < -0.4 is 4.74 Å². The summed E-state index contributed by atoms with van der Waals surface area (Å²) in [5.41, 5.74) is -0.855. The standard InChI is InChI=1S/C20H21F3N4O4S/c1-4-32(28,29)15-5-12(31-11-19(2)9-30-10-19)7-25-17(15)18-26-13-6-16(20(21,22)23)24-8-14(13)27(18)3/h5-8H,4,9-11H2,1-3H3. The van der Waals surface area contributed by atoms with E-state index in [-0.39, 0.29) is 38.8 Å². The summed E-state index contributed by atoms with van der Waals surface area (Å²) < 4.78 is 77.1. The van der Waals surface area contributed by atoms with Gasteiger partial charge in [-0.15, -0.1) is 0 Å². The zero-order valence-electron chi connectivity index (χ0n) is 17.6. The van der Waals surface area contributed by atoms with Gasteiger partial charge >= 0.3 is 6.18 Å². The maximum Gasteiger partial charge on any atom is 0.433 e. The summed E-state index contributed by atoms with van der Waals surface area (Å²) in [6.45, 7) is 4.91. The van der Waals surface area contributed by atoms with E-state index in [1.54, 1.807) is 7.05 Å². The summed E-state index contributed by atoms with van der Waals surface area (Å²) in [7, 11) is -2.19. The molecule has 0 spiro atoms. The third kappa shape index (κ3) is 4.04. The highest BCUT2D eigenvalue weighted by atomic mass is 32.2. The number of alkyl halides is 3. The zero-order valence-corrected chi connectivity index (χ0v) is 18.4. The van der Waals surface area contributed by atoms with E-state index in [0.717, 1.165) is 12.3 Å². The van der Waals surface area contributed by atoms with Gasteiger partial charge in [-0.1, -0.05) is 13.8 Å². The van der Waals surface area contributed by atoms with Crippen molar-refractivity contribution in [2.24, 2.45) is 12.5 Å². The van der Waals surface area contributed by atoms with Crippen LogP contribution in [0.15, 0.2) is 29.4 Å². The molecule has 0 aromatic carbocycles. The third-order valence-corrected chi connectivity index (χ3v) is 7.04. The monoisotopic (exact) mass is 470 g/mol. The molecule has 0 N–H and O–H groups in total. The van der Waals surface area contributed by atoms with Crippen molar-refractivity contribution in [3.8, 4) is 17.3 Å². The quantitative estimate of drug-likeness (QED) is 0.546. The third-order valence-electron chi connectivity index (χ3n) is 5.30. The Balaban J connectivity index is 1.79. The van der Waals surface area contributed by atoms with Gasteiger partial charge in [0.05, 0.1) is 49.0 Å². The summed E-state index contributed by atoms with van der Waals surface area (Å²) in [6.07, 6.45) is -2.19. The average Bonchev–Trinajstić information content (AvgIpc) is 3.06. The number of hydrogen-bond donors (Lipinski definition) is 0. The molecule has 8 nitrogen and oxygen atoms in total. The molecular formula is C20H21F3N4O4S. The molecule has 1 aliphatic rings. The Labute approximate surface area is 182 Å². The molecule has 1 saturated heterocycles. The van der Waals surface area contributed by atoms with Crippen LogP contribution in [0.1, 0.15) is 19.5 Å². The molecular weight excluding hydrogens is 449 g/mol. The predicted molar refractivity (Wildman–Crippen MR) is 109 cm³/mol. The van der Waals surface area contributed by atoms with E-state index in [0.29, 0.717) is 25.3 Å². The highest BCUT2D eigenvalue weighted by Crippen LogP contribution is 2.34. The smallest absolute Gasteiger partial charge is 0.433 e. The lowest BCUT2D eigenvalue weighted by Gasteiger charge is -2.37. The topological polar surface area (TPSA) is 96.2 Å². The van der Waals surface area contributed by atoms with Gasteiger partial charge in [0.1, 0.15) is 22.0 Å². The number of pyridine rings is 2. The van der Waals surface area contributed by atoms with Crippen LogP contribution in [0, 0.1) is 5.41 Å². The van der Waals surface area contributed by atoms with Gasteiger partial charge in [0, 0.05) is 18.5 Å². The normalized spacial score (nSPS) is 16.2. The van der Waals surface area contributed by atoms with E-state index in [1.807, 2.05) is 6.92 Å². The minimum atomic E-state index is -4.62. The van der Waals surface area contributed by atoms with Crippen molar-refractivity contribution in [3.05, 3.63) is 30.2 Å². The van der Waals surface area contributed by atoms with E-state index in [9.17, 15) is 21.6 Å². The molecule has 172 valence electrons. The van der Waals surface area contributed by atoms with Crippen LogP contribution in [-0.4, -0.2) is 53.5 Å². The van der Waals surface area contributed by atoms with Gasteiger partial charge in [0.2, 0.25) is 0 Å². The maximum atomic E-state index is 13.0. The van der Waals surface area contributed by atoms with Crippen molar-refractivity contribution in [1.82, 2.24) is 19.5 Å². The lowest BCUT2D eigenvalue weighted by molar-refractivity contribution is -0.141. The van der Waals surface area contributed by atoms with Crippen molar-refractivity contribution >= 4 is 20.9 Å². The SMILES string of the molecule is CCS(=O)(=O)c1cc(OCC2(C)COC2)cnc1-c1nc2cc(C(F)(F)F)ncc2n1C. The molecule has 1 fully saturated rings. The average molecular weight is 470 g/mol. The second kappa shape index (κ2) is 7.69. The van der Waals surface area contributed by atoms with Gasteiger partial charge < -0.3 is 14.0 Å². The lowest BCUT2D eigenvalue weighted by Crippen LogP contribution is -2.44. The highest BCUT2D eigenvalue weighted by Gasteiger charge is 2.35. The molecule has 4 heterocycles. The molecule has 0 unspecified atom stereocenters. The van der Waals surface area contributed by atoms with Crippen molar-refractivity contribution in [2.45, 2.75) is 24.9 Å². The maximum absolute atomic E-state index is 13.0. The van der Waals surface area contributed by atoms with Crippen LogP contribution in [0.2, 0.25) is 0 Å². The lowest BCUT2D eigenvalue weighted by atomic mass is 9.90. The first-order valence-corrected chi connectivity index (χ1v) is 11.4. The number of sulfone groups is 1. The number of rotatable bonds is 6. The number of halogens is 3. The van der Waals surface area contributed by atoms with Gasteiger partial charge in [0.15, 0.2) is 15.7 Å². The van der Waals surface area contributed by atoms with Crippen LogP contribution >= 0.6 is 0 Å². The molecule has 1 aliphatic heterocycles. The van der Waals surface area contributed by atoms with Crippen molar-refractivity contribution in [2.75, 3.05) is 25.6 Å². The van der Waals surface area contributed by atoms with E-state index in [2.05, 4.69) is 15.0 Å². The molecule has 0 aliphatic carbocycles. The first kappa shape index (κ1) is 22.5. The van der Waals surface area contributed by atoms with E-state index < -0.39 is 21.7 Å². The summed E-state index contributed by atoms with van der Waals surface area (Å²) in [6, 6.07) is 2.20. The fourth-order valence-corrected chi connectivity index (χ4v) is 4.36. The van der Waals surface area contributed by atoms with Crippen LogP contribution in [-0.2, 0) is 27.8 Å². The number of ether oxygens (including phenoxy) is 2. The van der Waals surface area contributed by atoms with Crippen molar-refractivity contribution in [3.63, 3.8) is 0 Å². The highest BCUT2D eigenvalue weighted by molar-refractivity contribution is 7.91. The molecule has 0 atom stereocenters. The molecule has 0 bridgehead atoms. The summed E-state index contributed by atoms with van der Waals surface area (Å²) in [5.74, 6) is 0.188. The van der Waals surface area contributed by atoms with Gasteiger partial charge in [-0.25, -0.2) is 23.4 Å². The number of fused-ring (bicyclic) bond motifs is 1. The molecule has 4 rings (SSSR count). The fraction of sp³-hybridized carbons (Fsp3) is 0.450. The second-order valence-electron chi connectivity index (χ2n) is 8.06. The Hall–Kier alpha value is -2.73. The minimum Gasteiger partial charge on any atom is -0.491 e. The van der Waals surface area contributed by atoms with Crippen LogP contribution in [0.25, 0.3) is 22.6 Å². The molecule has 3 aromatic rings. The van der Waals surface area contributed by atoms with E-state index in [4.69, 9.17) is 9.47 Å². The minimum absolute atomic E-state index is 0.0321. The Morgan fingerprint density at radius 1 is 1.22 bits per heavy atom. The molecule has 12 heteroatoms. The van der Waals surface area contributed by atoms with Crippen LogP contribution in [0.5, 0.6) is 5.75 Å². The number of aryl methyl sites for hydroxylation is 1. The predicted octanol–water partition coefficient (Wildman–Crippen LogP) is 3.26. The number of nitrogens with zero attached hydrogens (tertiary/aromatic N) is 4. The Morgan fingerprint density at radius 2 is 1.94 bits per heavy atom. The molecule has 3 aromatic heterocycles. The van der Waals surface area contributed by atoms with Crippen molar-refractivity contribution in [1.29, 1.82) is 0 Å². The first-order valence-electron chi connectivity index (χ1n) is 9.77. The largest absolute Gasteiger partial charge is 0.491 e. The first-order chi connectivity index (χ1) is 14.9. The second-order valence-corrected chi connectivity index (χ2v) is 10.3. The number of imidazole rings is 1. The van der Waals surface area contributed by atoms with Gasteiger partial charge in [-0.05, 0) is 6.07 Å². The summed E-state index contributed by atoms with van der Waals surface area (Å²) in [5, 5.41) is 0. The Bertz CT molecular complexity index is 1280. The Kier molecular flexibility index (Phi) is 5.40. The van der Waals surface area contributed by atoms with E-state index >= 15 is 0 Å². The fourth-order valence-electron chi connectivity index (χ4n) is 3.31. The summed E-state index contributed by atoms with van der Waals surface area (Å²) >= 11 is 0. The summed E-state index contributed by atoms with van der Waals surface area (Å²) in [4.78, 5) is 11.9. The number of hydrogen-bond acceptors (Lipinski definition) is 7. The zero-order chi connectivity index (χ0) is 23.3. The van der Waals surface area contributed by atoms with Gasteiger partial charge in [0.25, 0.3) is 0 Å². The van der Waals surface area contributed by atoms with Crippen LogP contribution in [0.4, 0.5) is 13.2 Å². The molecule has 0 amide bonds. The molecule has 32 heavy (non-hydrogen) atoms.